The summed E-state index contributed by atoms with van der Waals surface area (Å²) in [6.07, 6.45) is -8.26. The van der Waals surface area contributed by atoms with Crippen molar-refractivity contribution in [3.05, 3.63) is 89.0 Å². The van der Waals surface area contributed by atoms with E-state index in [1.165, 1.54) is 42.6 Å². The predicted molar refractivity (Wildman–Crippen MR) is 129 cm³/mol. The molecule has 0 spiro atoms. The first-order valence-electron chi connectivity index (χ1n) is 10.5. The van der Waals surface area contributed by atoms with Crippen molar-refractivity contribution >= 4 is 46.7 Å². The average Bonchev–Trinajstić information content (AvgIpc) is 3.08. The van der Waals surface area contributed by atoms with Gasteiger partial charge in [0.25, 0.3) is 11.8 Å². The van der Waals surface area contributed by atoms with Crippen molar-refractivity contribution in [3.8, 4) is 5.75 Å². The molecule has 0 radical (unpaired) electrons. The third-order valence-electron chi connectivity index (χ3n) is 5.10. The number of para-hydroxylation sites is 1. The molecular weight excluding hydrogens is 538 g/mol. The molecule has 0 aliphatic carbocycles. The Morgan fingerprint density at radius 2 is 1.55 bits per heavy atom. The normalized spacial score (nSPS) is 13.6. The second-order valence-electron chi connectivity index (χ2n) is 7.66. The number of carbonyl (C=O) groups is 2. The molecule has 196 valence electrons. The van der Waals surface area contributed by atoms with Crippen molar-refractivity contribution in [2.45, 2.75) is 12.5 Å². The molecule has 2 amide bonds. The fourth-order valence-electron chi connectivity index (χ4n) is 3.53. The van der Waals surface area contributed by atoms with Crippen LogP contribution in [0.1, 0.15) is 31.8 Å². The number of hydrogen-bond donors (Lipinski definition) is 2. The van der Waals surface area contributed by atoms with Crippen molar-refractivity contribution in [2.24, 2.45) is 5.10 Å². The number of amides is 2. The Hall–Kier alpha value is -4.46. The van der Waals surface area contributed by atoms with Gasteiger partial charge in [-0.1, -0.05) is 18.2 Å². The Kier molecular flexibility index (Phi) is 7.09. The number of ether oxygens (including phenoxy) is 1. The number of benzene rings is 3. The molecule has 0 saturated carbocycles. The van der Waals surface area contributed by atoms with Crippen LogP contribution in [0.15, 0.2) is 71.8 Å². The van der Waals surface area contributed by atoms with Gasteiger partial charge in [-0.05, 0) is 66.3 Å². The van der Waals surface area contributed by atoms with E-state index >= 15 is 0 Å². The van der Waals surface area contributed by atoms with E-state index in [0.717, 1.165) is 35.2 Å². The first kappa shape index (κ1) is 26.6. The number of imide groups is 1. The van der Waals surface area contributed by atoms with Crippen molar-refractivity contribution in [3.63, 3.8) is 0 Å². The van der Waals surface area contributed by atoms with Crippen molar-refractivity contribution in [2.75, 3.05) is 10.2 Å². The molecule has 1 heterocycles. The van der Waals surface area contributed by atoms with Crippen LogP contribution in [0.25, 0.3) is 0 Å². The number of anilines is 2. The first-order valence-corrected chi connectivity index (χ1v) is 10.9. The summed E-state index contributed by atoms with van der Waals surface area (Å²) >= 11 is 4.98. The molecule has 0 aromatic heterocycles. The zero-order valence-electron chi connectivity index (χ0n) is 18.7. The van der Waals surface area contributed by atoms with Gasteiger partial charge in [0.1, 0.15) is 5.75 Å². The van der Waals surface area contributed by atoms with Crippen LogP contribution in [0.4, 0.5) is 37.7 Å². The molecule has 3 aromatic carbocycles. The van der Waals surface area contributed by atoms with Crippen LogP contribution >= 0.6 is 12.2 Å². The molecule has 2 N–H and O–H groups in total. The van der Waals surface area contributed by atoms with E-state index in [0.29, 0.717) is 5.56 Å². The molecule has 0 saturated heterocycles. The number of alkyl halides is 6. The van der Waals surface area contributed by atoms with Crippen LogP contribution in [-0.4, -0.2) is 29.5 Å². The third-order valence-corrected chi connectivity index (χ3v) is 5.29. The lowest BCUT2D eigenvalue weighted by atomic mass is 10.1. The van der Waals surface area contributed by atoms with E-state index in [-0.39, 0.29) is 27.6 Å². The molecule has 0 unspecified atom stereocenters. The molecule has 7 nitrogen and oxygen atoms in total. The van der Waals surface area contributed by atoms with Crippen LogP contribution in [0.2, 0.25) is 0 Å². The van der Waals surface area contributed by atoms with E-state index in [4.69, 9.17) is 12.2 Å². The number of thiocarbonyl (C=S) groups is 1. The molecule has 3 aromatic rings. The van der Waals surface area contributed by atoms with Gasteiger partial charge in [0.15, 0.2) is 5.11 Å². The fourth-order valence-corrected chi connectivity index (χ4v) is 3.69. The van der Waals surface area contributed by atoms with Gasteiger partial charge >= 0.3 is 12.5 Å². The standard InChI is InChI=1S/C24H14F6N4O3S/c25-23(26,27)18-3-1-2-4-19(18)32-22(38)33-31-12-13-5-10-16-17(11-13)21(36)34(20(16)35)14-6-8-15(9-7-14)37-24(28,29)30/h1-12H,(H2,32,33,38)/b31-12+. The molecule has 38 heavy (non-hydrogen) atoms. The number of nitrogens with zero attached hydrogens (tertiary/aromatic N) is 2. The summed E-state index contributed by atoms with van der Waals surface area (Å²) in [7, 11) is 0. The highest BCUT2D eigenvalue weighted by Crippen LogP contribution is 2.34. The summed E-state index contributed by atoms with van der Waals surface area (Å²) in [5.74, 6) is -1.90. The monoisotopic (exact) mass is 552 g/mol. The quantitative estimate of drug-likeness (QED) is 0.138. The Bertz CT molecular complexity index is 1440. The van der Waals surface area contributed by atoms with Gasteiger partial charge in [0.05, 0.1) is 34.3 Å². The fraction of sp³-hybridized carbons (Fsp3) is 0.0833. The van der Waals surface area contributed by atoms with E-state index in [9.17, 15) is 35.9 Å². The van der Waals surface area contributed by atoms with Gasteiger partial charge in [-0.15, -0.1) is 13.2 Å². The summed E-state index contributed by atoms with van der Waals surface area (Å²) in [5, 5.41) is 6.02. The second kappa shape index (κ2) is 10.1. The number of halogens is 6. The molecule has 1 aliphatic rings. The average molecular weight is 552 g/mol. The predicted octanol–water partition coefficient (Wildman–Crippen LogP) is 5.73. The summed E-state index contributed by atoms with van der Waals surface area (Å²) in [6, 6.07) is 13.2. The zero-order chi connectivity index (χ0) is 27.7. The third kappa shape index (κ3) is 5.91. The summed E-state index contributed by atoms with van der Waals surface area (Å²) in [4.78, 5) is 26.4. The summed E-state index contributed by atoms with van der Waals surface area (Å²) in [5.41, 5.74) is 1.67. The minimum absolute atomic E-state index is 0.0226. The van der Waals surface area contributed by atoms with Gasteiger partial charge in [-0.2, -0.15) is 18.3 Å². The van der Waals surface area contributed by atoms with Crippen molar-refractivity contribution in [1.82, 2.24) is 5.43 Å². The Morgan fingerprint density at radius 1 is 0.895 bits per heavy atom. The number of nitrogens with one attached hydrogen (secondary N) is 2. The summed E-state index contributed by atoms with van der Waals surface area (Å²) in [6.45, 7) is 0. The highest BCUT2D eigenvalue weighted by atomic mass is 32.1. The van der Waals surface area contributed by atoms with Gasteiger partial charge in [-0.25, -0.2) is 4.90 Å². The number of carbonyl (C=O) groups excluding carboxylic acids is 2. The number of fused-ring (bicyclic) bond motifs is 1. The maximum atomic E-state index is 13.1. The molecule has 1 aliphatic heterocycles. The zero-order valence-corrected chi connectivity index (χ0v) is 19.5. The lowest BCUT2D eigenvalue weighted by molar-refractivity contribution is -0.274. The van der Waals surface area contributed by atoms with E-state index < -0.39 is 35.7 Å². The van der Waals surface area contributed by atoms with Gasteiger partial charge in [0.2, 0.25) is 0 Å². The molecule has 4 rings (SSSR count). The Balaban J connectivity index is 1.44. The SMILES string of the molecule is O=C1c2ccc(/C=N/NC(=S)Nc3ccccc3C(F)(F)F)cc2C(=O)N1c1ccc(OC(F)(F)F)cc1. The molecular formula is C24H14F6N4O3S. The maximum absolute atomic E-state index is 13.1. The smallest absolute Gasteiger partial charge is 0.406 e. The van der Waals surface area contributed by atoms with E-state index in [2.05, 4.69) is 20.6 Å². The maximum Gasteiger partial charge on any atom is 0.573 e. The van der Waals surface area contributed by atoms with Gasteiger partial charge in [-0.3, -0.25) is 15.0 Å². The molecule has 0 atom stereocenters. The summed E-state index contributed by atoms with van der Waals surface area (Å²) < 4.78 is 80.2. The largest absolute Gasteiger partial charge is 0.573 e. The minimum atomic E-state index is -4.89. The minimum Gasteiger partial charge on any atom is -0.406 e. The number of rotatable bonds is 5. The van der Waals surface area contributed by atoms with E-state index in [1.807, 2.05) is 0 Å². The first-order chi connectivity index (χ1) is 17.8. The number of hydrogen-bond acceptors (Lipinski definition) is 5. The van der Waals surface area contributed by atoms with Crippen molar-refractivity contribution in [1.29, 1.82) is 0 Å². The van der Waals surface area contributed by atoms with Gasteiger partial charge in [0, 0.05) is 0 Å². The van der Waals surface area contributed by atoms with Crippen LogP contribution < -0.4 is 20.4 Å². The Morgan fingerprint density at radius 3 is 2.21 bits per heavy atom. The highest BCUT2D eigenvalue weighted by molar-refractivity contribution is 7.80. The topological polar surface area (TPSA) is 83.0 Å². The second-order valence-corrected chi connectivity index (χ2v) is 8.07. The number of hydrazone groups is 1. The molecule has 0 bridgehead atoms. The molecule has 0 fully saturated rings. The highest BCUT2D eigenvalue weighted by Gasteiger charge is 2.37. The van der Waals surface area contributed by atoms with Crippen LogP contribution in [-0.2, 0) is 6.18 Å². The van der Waals surface area contributed by atoms with Crippen molar-refractivity contribution < 1.29 is 40.7 Å². The van der Waals surface area contributed by atoms with Crippen LogP contribution in [0.5, 0.6) is 5.75 Å². The van der Waals surface area contributed by atoms with Gasteiger partial charge < -0.3 is 10.1 Å². The lowest BCUT2D eigenvalue weighted by Gasteiger charge is -2.15. The molecule has 14 heteroatoms. The van der Waals surface area contributed by atoms with Crippen LogP contribution in [0.3, 0.4) is 0 Å². The Labute approximate surface area is 215 Å². The van der Waals surface area contributed by atoms with Crippen LogP contribution in [0, 0.1) is 0 Å². The lowest BCUT2D eigenvalue weighted by Crippen LogP contribution is -2.29. The van der Waals surface area contributed by atoms with E-state index in [1.54, 1.807) is 0 Å².